The van der Waals surface area contributed by atoms with E-state index in [2.05, 4.69) is 9.97 Å². The Morgan fingerprint density at radius 1 is 1.47 bits per heavy atom. The normalized spacial score (nSPS) is 18.9. The average Bonchev–Trinajstić information content (AvgIpc) is 2.83. The molecule has 1 atom stereocenters. The molecule has 1 amide bonds. The molecule has 0 radical (unpaired) electrons. The Hall–Kier alpha value is -1.14. The van der Waals surface area contributed by atoms with Crippen LogP contribution in [0, 0.1) is 19.8 Å². The second-order valence-corrected chi connectivity index (χ2v) is 5.89. The highest BCUT2D eigenvalue weighted by Crippen LogP contribution is 2.19. The Bertz CT molecular complexity index is 446. The minimum atomic E-state index is 0.156. The van der Waals surface area contributed by atoms with Crippen LogP contribution in [-0.2, 0) is 4.79 Å². The first kappa shape index (κ1) is 14.3. The fourth-order valence-electron chi connectivity index (χ4n) is 2.23. The van der Waals surface area contributed by atoms with Crippen molar-refractivity contribution in [1.29, 1.82) is 0 Å². The smallest absolute Gasteiger partial charge is 0.233 e. The van der Waals surface area contributed by atoms with Gasteiger partial charge in [0.1, 0.15) is 0 Å². The van der Waals surface area contributed by atoms with E-state index in [0.29, 0.717) is 23.4 Å². The molecule has 0 aliphatic carbocycles. The molecule has 1 aliphatic heterocycles. The maximum Gasteiger partial charge on any atom is 0.233 e. The topological polar surface area (TPSA) is 72.1 Å². The van der Waals surface area contributed by atoms with E-state index < -0.39 is 0 Å². The number of nitrogens with two attached hydrogens (primary N) is 1. The average molecular weight is 280 g/mol. The maximum atomic E-state index is 12.1. The highest BCUT2D eigenvalue weighted by atomic mass is 32.2. The van der Waals surface area contributed by atoms with Crippen molar-refractivity contribution >= 4 is 17.7 Å². The summed E-state index contributed by atoms with van der Waals surface area (Å²) < 4.78 is 0. The number of carbonyl (C=O) groups excluding carboxylic acids is 1. The predicted octanol–water partition coefficient (Wildman–Crippen LogP) is 0.993. The first-order chi connectivity index (χ1) is 9.08. The van der Waals surface area contributed by atoms with Gasteiger partial charge in [0.2, 0.25) is 5.91 Å². The zero-order valence-corrected chi connectivity index (χ0v) is 12.2. The Morgan fingerprint density at radius 3 is 2.74 bits per heavy atom. The van der Waals surface area contributed by atoms with E-state index in [-0.39, 0.29) is 5.91 Å². The van der Waals surface area contributed by atoms with Crippen LogP contribution in [0.4, 0.5) is 0 Å². The van der Waals surface area contributed by atoms with Crippen LogP contribution in [0.25, 0.3) is 0 Å². The van der Waals surface area contributed by atoms with Gasteiger partial charge in [-0.25, -0.2) is 9.97 Å². The van der Waals surface area contributed by atoms with Gasteiger partial charge in [-0.2, -0.15) is 0 Å². The van der Waals surface area contributed by atoms with Gasteiger partial charge in [-0.05, 0) is 38.8 Å². The minimum Gasteiger partial charge on any atom is -0.342 e. The van der Waals surface area contributed by atoms with Crippen molar-refractivity contribution in [2.24, 2.45) is 11.7 Å². The summed E-state index contributed by atoms with van der Waals surface area (Å²) in [6.07, 6.45) is 1.02. The highest BCUT2D eigenvalue weighted by Gasteiger charge is 2.25. The molecule has 1 aromatic rings. The molecule has 1 unspecified atom stereocenters. The largest absolute Gasteiger partial charge is 0.342 e. The lowest BCUT2D eigenvalue weighted by Crippen LogP contribution is -2.31. The molecular weight excluding hydrogens is 260 g/mol. The molecule has 0 bridgehead atoms. The van der Waals surface area contributed by atoms with Crippen LogP contribution >= 0.6 is 11.8 Å². The molecule has 0 saturated carbocycles. The maximum absolute atomic E-state index is 12.1. The number of thioether (sulfide) groups is 1. The number of likely N-dealkylation sites (tertiary alicyclic amines) is 1. The van der Waals surface area contributed by atoms with Crippen molar-refractivity contribution in [2.75, 3.05) is 25.4 Å². The van der Waals surface area contributed by atoms with Crippen molar-refractivity contribution in [3.8, 4) is 0 Å². The zero-order chi connectivity index (χ0) is 13.8. The van der Waals surface area contributed by atoms with Gasteiger partial charge >= 0.3 is 0 Å². The van der Waals surface area contributed by atoms with Crippen LogP contribution in [0.2, 0.25) is 0 Å². The van der Waals surface area contributed by atoms with Crippen LogP contribution in [0.3, 0.4) is 0 Å². The summed E-state index contributed by atoms with van der Waals surface area (Å²) in [6.45, 7) is 6.16. The summed E-state index contributed by atoms with van der Waals surface area (Å²) in [4.78, 5) is 22.6. The molecule has 0 spiro atoms. The summed E-state index contributed by atoms with van der Waals surface area (Å²) >= 11 is 1.41. The lowest BCUT2D eigenvalue weighted by atomic mass is 10.1. The molecule has 5 nitrogen and oxygen atoms in total. The first-order valence-corrected chi connectivity index (χ1v) is 7.50. The zero-order valence-electron chi connectivity index (χ0n) is 11.4. The van der Waals surface area contributed by atoms with E-state index >= 15 is 0 Å². The standard InChI is InChI=1S/C13H20N4OS/c1-9-5-10(2)16-13(15-9)19-8-12(18)17-4-3-11(6-14)7-17/h5,11H,3-4,6-8,14H2,1-2H3. The van der Waals surface area contributed by atoms with Crippen LogP contribution < -0.4 is 5.73 Å². The molecule has 1 aliphatic rings. The molecule has 19 heavy (non-hydrogen) atoms. The number of amides is 1. The Labute approximate surface area is 118 Å². The number of rotatable bonds is 4. The second kappa shape index (κ2) is 6.34. The lowest BCUT2D eigenvalue weighted by molar-refractivity contribution is -0.127. The van der Waals surface area contributed by atoms with Crippen LogP contribution in [0.1, 0.15) is 17.8 Å². The number of hydrogen-bond donors (Lipinski definition) is 1. The highest BCUT2D eigenvalue weighted by molar-refractivity contribution is 7.99. The number of carbonyl (C=O) groups is 1. The van der Waals surface area contributed by atoms with Crippen molar-refractivity contribution in [2.45, 2.75) is 25.4 Å². The quantitative estimate of drug-likeness (QED) is 0.658. The fraction of sp³-hybridized carbons (Fsp3) is 0.615. The van der Waals surface area contributed by atoms with Gasteiger partial charge in [0, 0.05) is 24.5 Å². The third kappa shape index (κ3) is 3.91. The molecule has 1 aromatic heterocycles. The number of aryl methyl sites for hydroxylation is 2. The summed E-state index contributed by atoms with van der Waals surface area (Å²) in [5.74, 6) is 1.02. The third-order valence-corrected chi connectivity index (χ3v) is 4.09. The van der Waals surface area contributed by atoms with Crippen molar-refractivity contribution in [3.05, 3.63) is 17.5 Å². The SMILES string of the molecule is Cc1cc(C)nc(SCC(=O)N2CCC(CN)C2)n1. The summed E-state index contributed by atoms with van der Waals surface area (Å²) in [6, 6.07) is 1.93. The van der Waals surface area contributed by atoms with E-state index in [9.17, 15) is 4.79 Å². The molecule has 1 saturated heterocycles. The first-order valence-electron chi connectivity index (χ1n) is 6.51. The van der Waals surface area contributed by atoms with Crippen molar-refractivity contribution < 1.29 is 4.79 Å². The van der Waals surface area contributed by atoms with Gasteiger partial charge in [0.05, 0.1) is 5.75 Å². The Morgan fingerprint density at radius 2 is 2.16 bits per heavy atom. The van der Waals surface area contributed by atoms with Crippen LogP contribution in [-0.4, -0.2) is 46.2 Å². The van der Waals surface area contributed by atoms with E-state index in [0.717, 1.165) is 30.9 Å². The van der Waals surface area contributed by atoms with E-state index in [4.69, 9.17) is 5.73 Å². The molecule has 104 valence electrons. The van der Waals surface area contributed by atoms with E-state index in [1.54, 1.807) is 0 Å². The number of aromatic nitrogens is 2. The van der Waals surface area contributed by atoms with Gasteiger partial charge in [-0.1, -0.05) is 11.8 Å². The molecule has 2 rings (SSSR count). The minimum absolute atomic E-state index is 0.156. The Balaban J connectivity index is 1.86. The number of nitrogens with zero attached hydrogens (tertiary/aromatic N) is 3. The number of hydrogen-bond acceptors (Lipinski definition) is 5. The molecule has 0 aromatic carbocycles. The molecule has 2 N–H and O–H groups in total. The fourth-order valence-corrected chi connectivity index (χ4v) is 3.08. The molecule has 6 heteroatoms. The summed E-state index contributed by atoms with van der Waals surface area (Å²) in [5.41, 5.74) is 7.51. The second-order valence-electron chi connectivity index (χ2n) is 4.95. The van der Waals surface area contributed by atoms with Gasteiger partial charge in [0.25, 0.3) is 0 Å². The molecular formula is C13H20N4OS. The predicted molar refractivity (Wildman–Crippen MR) is 76.0 cm³/mol. The van der Waals surface area contributed by atoms with Gasteiger partial charge in [-0.3, -0.25) is 4.79 Å². The van der Waals surface area contributed by atoms with Crippen molar-refractivity contribution in [3.63, 3.8) is 0 Å². The molecule has 1 fully saturated rings. The van der Waals surface area contributed by atoms with Crippen molar-refractivity contribution in [1.82, 2.24) is 14.9 Å². The monoisotopic (exact) mass is 280 g/mol. The summed E-state index contributed by atoms with van der Waals surface area (Å²) in [7, 11) is 0. The van der Waals surface area contributed by atoms with Crippen LogP contribution in [0.15, 0.2) is 11.2 Å². The third-order valence-electron chi connectivity index (χ3n) is 3.26. The van der Waals surface area contributed by atoms with Gasteiger partial charge in [0.15, 0.2) is 5.16 Å². The van der Waals surface area contributed by atoms with Gasteiger partial charge < -0.3 is 10.6 Å². The van der Waals surface area contributed by atoms with E-state index in [1.165, 1.54) is 11.8 Å². The summed E-state index contributed by atoms with van der Waals surface area (Å²) in [5, 5.41) is 0.681. The molecule has 2 heterocycles. The van der Waals surface area contributed by atoms with E-state index in [1.807, 2.05) is 24.8 Å². The Kier molecular flexibility index (Phi) is 4.76. The van der Waals surface area contributed by atoms with Gasteiger partial charge in [-0.15, -0.1) is 0 Å². The lowest BCUT2D eigenvalue weighted by Gasteiger charge is -2.15. The van der Waals surface area contributed by atoms with Crippen LogP contribution in [0.5, 0.6) is 0 Å².